The maximum Gasteiger partial charge on any atom is 0.225 e. The highest BCUT2D eigenvalue weighted by atomic mass is 32.2. The van der Waals surface area contributed by atoms with E-state index in [1.54, 1.807) is 38.3 Å². The zero-order valence-electron chi connectivity index (χ0n) is 17.3. The predicted molar refractivity (Wildman–Crippen MR) is 111 cm³/mol. The monoisotopic (exact) mass is 406 g/mol. The van der Waals surface area contributed by atoms with Crippen molar-refractivity contribution < 1.29 is 17.9 Å². The topological polar surface area (TPSA) is 77.4 Å². The quantitative estimate of drug-likeness (QED) is 0.638. The SMILES string of the molecule is CCCC(=O)Nc1c(S(=O)(=O)c2ccc(C)cc2)c(C)c(C)n1CCCOC. The molecule has 0 fully saturated rings. The number of benzene rings is 1. The van der Waals surface area contributed by atoms with E-state index < -0.39 is 9.84 Å². The van der Waals surface area contributed by atoms with Gasteiger partial charge in [-0.3, -0.25) is 4.79 Å². The van der Waals surface area contributed by atoms with Crippen LogP contribution in [0.2, 0.25) is 0 Å². The van der Waals surface area contributed by atoms with Gasteiger partial charge in [0, 0.05) is 32.4 Å². The van der Waals surface area contributed by atoms with Crippen molar-refractivity contribution in [1.82, 2.24) is 4.57 Å². The normalized spacial score (nSPS) is 11.6. The molecule has 2 aromatic rings. The first-order valence-corrected chi connectivity index (χ1v) is 11.0. The second-order valence-electron chi connectivity index (χ2n) is 7.00. The van der Waals surface area contributed by atoms with Gasteiger partial charge in [-0.1, -0.05) is 24.6 Å². The highest BCUT2D eigenvalue weighted by molar-refractivity contribution is 7.91. The van der Waals surface area contributed by atoms with E-state index in [0.29, 0.717) is 43.8 Å². The number of rotatable bonds is 9. The summed E-state index contributed by atoms with van der Waals surface area (Å²) in [6.07, 6.45) is 1.74. The molecule has 0 radical (unpaired) electrons. The average Bonchev–Trinajstić information content (AvgIpc) is 2.87. The minimum atomic E-state index is -3.78. The number of amides is 1. The van der Waals surface area contributed by atoms with E-state index in [2.05, 4.69) is 5.32 Å². The fourth-order valence-electron chi connectivity index (χ4n) is 3.19. The lowest BCUT2D eigenvalue weighted by atomic mass is 10.2. The van der Waals surface area contributed by atoms with Crippen LogP contribution in [0.1, 0.15) is 43.0 Å². The van der Waals surface area contributed by atoms with Crippen LogP contribution in [0, 0.1) is 20.8 Å². The van der Waals surface area contributed by atoms with Crippen molar-refractivity contribution in [3.05, 3.63) is 41.1 Å². The minimum absolute atomic E-state index is 0.177. The van der Waals surface area contributed by atoms with Crippen molar-refractivity contribution in [2.45, 2.75) is 63.3 Å². The van der Waals surface area contributed by atoms with Crippen LogP contribution in [0.4, 0.5) is 5.82 Å². The third-order valence-electron chi connectivity index (χ3n) is 4.84. The van der Waals surface area contributed by atoms with Crippen LogP contribution in [-0.4, -0.2) is 32.6 Å². The summed E-state index contributed by atoms with van der Waals surface area (Å²) >= 11 is 0. The Morgan fingerprint density at radius 2 is 1.79 bits per heavy atom. The van der Waals surface area contributed by atoms with Crippen LogP contribution in [0.5, 0.6) is 0 Å². The maximum absolute atomic E-state index is 13.4. The molecule has 28 heavy (non-hydrogen) atoms. The van der Waals surface area contributed by atoms with Crippen molar-refractivity contribution in [1.29, 1.82) is 0 Å². The average molecular weight is 407 g/mol. The Morgan fingerprint density at radius 3 is 2.36 bits per heavy atom. The van der Waals surface area contributed by atoms with Crippen molar-refractivity contribution in [2.24, 2.45) is 0 Å². The zero-order valence-corrected chi connectivity index (χ0v) is 18.1. The Hall–Kier alpha value is -2.12. The summed E-state index contributed by atoms with van der Waals surface area (Å²) in [4.78, 5) is 12.7. The molecule has 2 rings (SSSR count). The largest absolute Gasteiger partial charge is 0.385 e. The molecule has 1 heterocycles. The number of hydrogen-bond acceptors (Lipinski definition) is 4. The highest BCUT2D eigenvalue weighted by Gasteiger charge is 2.30. The summed E-state index contributed by atoms with van der Waals surface area (Å²) in [5, 5.41) is 2.86. The van der Waals surface area contributed by atoms with Crippen LogP contribution in [0.25, 0.3) is 0 Å². The van der Waals surface area contributed by atoms with Crippen LogP contribution in [0.15, 0.2) is 34.1 Å². The van der Waals surface area contributed by atoms with Gasteiger partial charge < -0.3 is 14.6 Å². The number of sulfone groups is 1. The summed E-state index contributed by atoms with van der Waals surface area (Å²) in [6, 6.07) is 6.78. The summed E-state index contributed by atoms with van der Waals surface area (Å²) in [7, 11) is -2.15. The van der Waals surface area contributed by atoms with E-state index >= 15 is 0 Å². The number of methoxy groups -OCH3 is 1. The molecule has 0 atom stereocenters. The second kappa shape index (κ2) is 9.39. The van der Waals surface area contributed by atoms with E-state index in [4.69, 9.17) is 4.74 Å². The number of nitrogens with zero attached hydrogens (tertiary/aromatic N) is 1. The van der Waals surface area contributed by atoms with Crippen LogP contribution >= 0.6 is 0 Å². The van der Waals surface area contributed by atoms with Crippen LogP contribution in [-0.2, 0) is 25.9 Å². The maximum atomic E-state index is 13.4. The minimum Gasteiger partial charge on any atom is -0.385 e. The molecular formula is C21H30N2O4S. The number of carbonyl (C=O) groups is 1. The third kappa shape index (κ3) is 4.64. The molecule has 6 nitrogen and oxygen atoms in total. The van der Waals surface area contributed by atoms with Gasteiger partial charge in [0.25, 0.3) is 0 Å². The van der Waals surface area contributed by atoms with Gasteiger partial charge in [-0.05, 0) is 51.3 Å². The highest BCUT2D eigenvalue weighted by Crippen LogP contribution is 2.35. The molecular weight excluding hydrogens is 376 g/mol. The number of aromatic nitrogens is 1. The lowest BCUT2D eigenvalue weighted by molar-refractivity contribution is -0.116. The molecule has 0 bridgehead atoms. The van der Waals surface area contributed by atoms with E-state index in [0.717, 1.165) is 11.3 Å². The van der Waals surface area contributed by atoms with Gasteiger partial charge in [0.1, 0.15) is 10.7 Å². The van der Waals surface area contributed by atoms with Gasteiger partial charge in [-0.15, -0.1) is 0 Å². The Bertz CT molecular complexity index is 928. The van der Waals surface area contributed by atoms with Gasteiger partial charge in [0.2, 0.25) is 15.7 Å². The first-order valence-electron chi connectivity index (χ1n) is 9.54. The van der Waals surface area contributed by atoms with Gasteiger partial charge in [-0.25, -0.2) is 8.42 Å². The lowest BCUT2D eigenvalue weighted by Gasteiger charge is -2.14. The van der Waals surface area contributed by atoms with E-state index in [9.17, 15) is 13.2 Å². The first-order chi connectivity index (χ1) is 13.2. The third-order valence-corrected chi connectivity index (χ3v) is 6.77. The number of nitrogens with one attached hydrogen (secondary N) is 1. The van der Waals surface area contributed by atoms with Gasteiger partial charge in [0.05, 0.1) is 4.90 Å². The van der Waals surface area contributed by atoms with Crippen LogP contribution in [0.3, 0.4) is 0 Å². The van der Waals surface area contributed by atoms with Crippen molar-refractivity contribution in [3.8, 4) is 0 Å². The predicted octanol–water partition coefficient (Wildman–Crippen LogP) is 4.02. The Morgan fingerprint density at radius 1 is 1.14 bits per heavy atom. The molecule has 1 aromatic heterocycles. The molecule has 154 valence electrons. The van der Waals surface area contributed by atoms with E-state index in [1.165, 1.54) is 0 Å². The van der Waals surface area contributed by atoms with Crippen molar-refractivity contribution >= 4 is 21.6 Å². The zero-order chi connectivity index (χ0) is 20.9. The Labute approximate surface area is 167 Å². The second-order valence-corrected chi connectivity index (χ2v) is 8.89. The molecule has 0 unspecified atom stereocenters. The smallest absolute Gasteiger partial charge is 0.225 e. The molecule has 0 spiro atoms. The van der Waals surface area contributed by atoms with Gasteiger partial charge in [0.15, 0.2) is 0 Å². The number of carbonyl (C=O) groups excluding carboxylic acids is 1. The number of anilines is 1. The summed E-state index contributed by atoms with van der Waals surface area (Å²) in [5.74, 6) is 0.165. The standard InChI is InChI=1S/C21H30N2O4S/c1-6-8-19(24)22-21-20(16(3)17(4)23(21)13-7-14-27-5)28(25,26)18-11-9-15(2)10-12-18/h9-12H,6-8,13-14H2,1-5H3,(H,22,24). The summed E-state index contributed by atoms with van der Waals surface area (Å²) < 4.78 is 33.9. The summed E-state index contributed by atoms with van der Waals surface area (Å²) in [6.45, 7) is 8.61. The molecule has 0 saturated heterocycles. The van der Waals surface area contributed by atoms with Crippen molar-refractivity contribution in [2.75, 3.05) is 19.0 Å². The fraction of sp³-hybridized carbons (Fsp3) is 0.476. The molecule has 0 aliphatic carbocycles. The summed E-state index contributed by atoms with van der Waals surface area (Å²) in [5.41, 5.74) is 2.47. The Kier molecular flexibility index (Phi) is 7.43. The first kappa shape index (κ1) is 22.2. The van der Waals surface area contributed by atoms with E-state index in [-0.39, 0.29) is 15.7 Å². The molecule has 1 amide bonds. The van der Waals surface area contributed by atoms with Crippen molar-refractivity contribution in [3.63, 3.8) is 0 Å². The lowest BCUT2D eigenvalue weighted by Crippen LogP contribution is -2.18. The molecule has 1 N–H and O–H groups in total. The number of ether oxygens (including phenoxy) is 1. The number of hydrogen-bond donors (Lipinski definition) is 1. The van der Waals surface area contributed by atoms with E-state index in [1.807, 2.05) is 25.3 Å². The Balaban J connectivity index is 2.62. The molecule has 0 aliphatic heterocycles. The van der Waals surface area contributed by atoms with Gasteiger partial charge in [-0.2, -0.15) is 0 Å². The molecule has 1 aromatic carbocycles. The van der Waals surface area contributed by atoms with Gasteiger partial charge >= 0.3 is 0 Å². The van der Waals surface area contributed by atoms with Crippen LogP contribution < -0.4 is 5.32 Å². The molecule has 7 heteroatoms. The molecule has 0 aliphatic rings. The fourth-order valence-corrected chi connectivity index (χ4v) is 4.89. The molecule has 0 saturated carbocycles. The number of aryl methyl sites for hydroxylation is 1.